The van der Waals surface area contributed by atoms with Gasteiger partial charge in [0, 0.05) is 32.9 Å². The minimum atomic E-state index is 1.15. The lowest BCUT2D eigenvalue weighted by molar-refractivity contribution is 1.15. The fourth-order valence-corrected chi connectivity index (χ4v) is 6.94. The molecule has 2 nitrogen and oxygen atoms in total. The van der Waals surface area contributed by atoms with Gasteiger partial charge < -0.3 is 9.13 Å². The van der Waals surface area contributed by atoms with E-state index in [0.29, 0.717) is 0 Å². The zero-order chi connectivity index (χ0) is 27.6. The predicted molar refractivity (Wildman–Crippen MR) is 178 cm³/mol. The van der Waals surface area contributed by atoms with Crippen LogP contribution in [0.3, 0.4) is 0 Å². The molecule has 7 aromatic carbocycles. The van der Waals surface area contributed by atoms with Crippen LogP contribution >= 0.6 is 0 Å². The molecule has 0 amide bonds. The highest BCUT2D eigenvalue weighted by molar-refractivity contribution is 6.36. The second kappa shape index (κ2) is 8.95. The molecule has 9 aromatic rings. The molecule has 0 saturated heterocycles. The molecule has 42 heavy (non-hydrogen) atoms. The van der Waals surface area contributed by atoms with Crippen LogP contribution in [0.1, 0.15) is 0 Å². The van der Waals surface area contributed by atoms with Gasteiger partial charge in [0.05, 0.1) is 22.1 Å². The molecule has 9 rings (SSSR count). The van der Waals surface area contributed by atoms with Crippen LogP contribution < -0.4 is 0 Å². The van der Waals surface area contributed by atoms with Crippen molar-refractivity contribution in [2.45, 2.75) is 0 Å². The van der Waals surface area contributed by atoms with Gasteiger partial charge in [-0.25, -0.2) is 0 Å². The van der Waals surface area contributed by atoms with E-state index in [1.54, 1.807) is 0 Å². The van der Waals surface area contributed by atoms with Gasteiger partial charge in [-0.3, -0.25) is 0 Å². The topological polar surface area (TPSA) is 9.86 Å². The Morgan fingerprint density at radius 3 is 1.19 bits per heavy atom. The number of para-hydroxylation sites is 3. The fraction of sp³-hybridized carbons (Fsp3) is 0. The van der Waals surface area contributed by atoms with Crippen molar-refractivity contribution in [2.75, 3.05) is 0 Å². The highest BCUT2D eigenvalue weighted by Gasteiger charge is 2.24. The van der Waals surface area contributed by atoms with E-state index in [4.69, 9.17) is 0 Å². The quantitative estimate of drug-likeness (QED) is 0.213. The van der Waals surface area contributed by atoms with Crippen LogP contribution in [0.5, 0.6) is 0 Å². The smallest absolute Gasteiger partial charge is 0.0795 e. The van der Waals surface area contributed by atoms with E-state index < -0.39 is 0 Å². The Labute approximate surface area is 243 Å². The summed E-state index contributed by atoms with van der Waals surface area (Å²) in [4.78, 5) is 0. The van der Waals surface area contributed by atoms with Crippen molar-refractivity contribution in [3.63, 3.8) is 0 Å². The van der Waals surface area contributed by atoms with Crippen LogP contribution in [-0.4, -0.2) is 9.13 Å². The Hall–Kier alpha value is -5.60. The van der Waals surface area contributed by atoms with Crippen LogP contribution in [0.15, 0.2) is 158 Å². The van der Waals surface area contributed by atoms with E-state index in [1.807, 2.05) is 0 Å². The Morgan fingerprint density at radius 2 is 0.667 bits per heavy atom. The molecular formula is C40H26N2. The van der Waals surface area contributed by atoms with Gasteiger partial charge in [-0.1, -0.05) is 121 Å². The van der Waals surface area contributed by atoms with Gasteiger partial charge in [-0.15, -0.1) is 0 Å². The average molecular weight is 535 g/mol. The number of fused-ring (bicyclic) bond motifs is 10. The third-order valence-electron chi connectivity index (χ3n) is 8.69. The summed E-state index contributed by atoms with van der Waals surface area (Å²) in [6.45, 7) is 0. The molecule has 196 valence electrons. The van der Waals surface area contributed by atoms with Crippen molar-refractivity contribution in [1.29, 1.82) is 0 Å². The average Bonchev–Trinajstić information content (AvgIpc) is 3.60. The molecular weight excluding hydrogens is 508 g/mol. The van der Waals surface area contributed by atoms with Gasteiger partial charge >= 0.3 is 0 Å². The summed E-state index contributed by atoms with van der Waals surface area (Å²) in [5.41, 5.74) is 9.66. The molecule has 0 spiro atoms. The first kappa shape index (κ1) is 23.1. The summed E-state index contributed by atoms with van der Waals surface area (Å²) in [5, 5.41) is 7.69. The SMILES string of the molecule is c1ccc(-c2ccc(-n3c4ccccc4c4c5ccccc5c5c6ccccc6n(-c6ccccc6)c5c43)cc2)cc1. The van der Waals surface area contributed by atoms with Crippen molar-refractivity contribution < 1.29 is 0 Å². The maximum Gasteiger partial charge on any atom is 0.0795 e. The molecule has 0 unspecified atom stereocenters. The standard InChI is InChI=1S/C40H26N2/c1-3-13-27(14-4-1)28-23-25-30(26-24-28)42-36-22-12-10-20-34(36)38-32-18-8-7-17-31(32)37-33-19-9-11-21-35(33)41(39(37)40(38)42)29-15-5-2-6-16-29/h1-26H. The number of hydrogen-bond acceptors (Lipinski definition) is 0. The van der Waals surface area contributed by atoms with Gasteiger partial charge in [0.25, 0.3) is 0 Å². The van der Waals surface area contributed by atoms with E-state index in [-0.39, 0.29) is 0 Å². The van der Waals surface area contributed by atoms with E-state index in [9.17, 15) is 0 Å². The first-order chi connectivity index (χ1) is 20.9. The Bertz CT molecular complexity index is 2430. The molecule has 0 aliphatic heterocycles. The van der Waals surface area contributed by atoms with Gasteiger partial charge in [-0.2, -0.15) is 0 Å². The van der Waals surface area contributed by atoms with Crippen LogP contribution in [0, 0.1) is 0 Å². The Morgan fingerprint density at radius 1 is 0.286 bits per heavy atom. The first-order valence-corrected chi connectivity index (χ1v) is 14.5. The zero-order valence-corrected chi connectivity index (χ0v) is 22.9. The molecule has 2 heteroatoms. The predicted octanol–water partition coefficient (Wildman–Crippen LogP) is 10.7. The van der Waals surface area contributed by atoms with Crippen molar-refractivity contribution in [3.8, 4) is 22.5 Å². The van der Waals surface area contributed by atoms with Crippen molar-refractivity contribution >= 4 is 54.4 Å². The third kappa shape index (κ3) is 3.21. The normalized spacial score (nSPS) is 11.8. The third-order valence-corrected chi connectivity index (χ3v) is 8.69. The number of benzene rings is 7. The summed E-state index contributed by atoms with van der Waals surface area (Å²) in [5.74, 6) is 0. The van der Waals surface area contributed by atoms with Crippen LogP contribution in [-0.2, 0) is 0 Å². The van der Waals surface area contributed by atoms with Crippen LogP contribution in [0.2, 0.25) is 0 Å². The summed E-state index contributed by atoms with van der Waals surface area (Å²) in [6.07, 6.45) is 0. The minimum absolute atomic E-state index is 1.15. The summed E-state index contributed by atoms with van der Waals surface area (Å²) >= 11 is 0. The van der Waals surface area contributed by atoms with E-state index >= 15 is 0 Å². The molecule has 0 aliphatic rings. The zero-order valence-electron chi connectivity index (χ0n) is 22.9. The molecule has 0 saturated carbocycles. The fourth-order valence-electron chi connectivity index (χ4n) is 6.94. The maximum absolute atomic E-state index is 2.48. The highest BCUT2D eigenvalue weighted by Crippen LogP contribution is 2.46. The maximum atomic E-state index is 2.48. The molecule has 0 fully saturated rings. The lowest BCUT2D eigenvalue weighted by Gasteiger charge is -2.14. The van der Waals surface area contributed by atoms with Crippen LogP contribution in [0.4, 0.5) is 0 Å². The summed E-state index contributed by atoms with van der Waals surface area (Å²) in [6, 6.07) is 57.0. The van der Waals surface area contributed by atoms with Gasteiger partial charge in [-0.05, 0) is 58.3 Å². The molecule has 0 atom stereocenters. The molecule has 0 N–H and O–H groups in total. The van der Waals surface area contributed by atoms with E-state index in [0.717, 1.165) is 11.4 Å². The lowest BCUT2D eigenvalue weighted by Crippen LogP contribution is -1.99. The van der Waals surface area contributed by atoms with E-state index in [2.05, 4.69) is 167 Å². The van der Waals surface area contributed by atoms with Crippen molar-refractivity contribution in [1.82, 2.24) is 9.13 Å². The molecule has 0 radical (unpaired) electrons. The molecule has 2 heterocycles. The first-order valence-electron chi connectivity index (χ1n) is 14.5. The largest absolute Gasteiger partial charge is 0.307 e. The molecule has 0 bridgehead atoms. The number of rotatable bonds is 3. The second-order valence-corrected chi connectivity index (χ2v) is 10.9. The number of nitrogens with zero attached hydrogens (tertiary/aromatic N) is 2. The van der Waals surface area contributed by atoms with E-state index in [1.165, 1.54) is 65.5 Å². The minimum Gasteiger partial charge on any atom is -0.307 e. The monoisotopic (exact) mass is 534 g/mol. The molecule has 0 aliphatic carbocycles. The summed E-state index contributed by atoms with van der Waals surface area (Å²) in [7, 11) is 0. The number of aromatic nitrogens is 2. The number of hydrogen-bond donors (Lipinski definition) is 0. The second-order valence-electron chi connectivity index (χ2n) is 10.9. The Balaban J connectivity index is 1.52. The lowest BCUT2D eigenvalue weighted by atomic mass is 9.98. The summed E-state index contributed by atoms with van der Waals surface area (Å²) < 4.78 is 4.94. The van der Waals surface area contributed by atoms with Gasteiger partial charge in [0.15, 0.2) is 0 Å². The van der Waals surface area contributed by atoms with Crippen LogP contribution in [0.25, 0.3) is 76.9 Å². The Kier molecular flexibility index (Phi) is 4.93. The highest BCUT2D eigenvalue weighted by atomic mass is 15.0. The molecule has 2 aromatic heterocycles. The van der Waals surface area contributed by atoms with Crippen molar-refractivity contribution in [2.24, 2.45) is 0 Å². The van der Waals surface area contributed by atoms with Gasteiger partial charge in [0.1, 0.15) is 0 Å². The van der Waals surface area contributed by atoms with Crippen molar-refractivity contribution in [3.05, 3.63) is 158 Å². The van der Waals surface area contributed by atoms with Gasteiger partial charge in [0.2, 0.25) is 0 Å².